The van der Waals surface area contributed by atoms with Gasteiger partial charge in [0.25, 0.3) is 0 Å². The predicted molar refractivity (Wildman–Crippen MR) is 88.2 cm³/mol. The molecule has 1 aliphatic carbocycles. The Labute approximate surface area is 166 Å². The van der Waals surface area contributed by atoms with Crippen LogP contribution in [0.2, 0.25) is 0 Å². The Balaban J connectivity index is 0. The van der Waals surface area contributed by atoms with Gasteiger partial charge in [-0.3, -0.25) is 9.59 Å². The van der Waals surface area contributed by atoms with Gasteiger partial charge in [0.2, 0.25) is 0 Å². The van der Waals surface area contributed by atoms with Crippen molar-refractivity contribution in [1.29, 1.82) is 0 Å². The molecule has 130 valence electrons. The molecule has 0 aromatic heterocycles. The van der Waals surface area contributed by atoms with E-state index in [0.717, 1.165) is 0 Å². The van der Waals surface area contributed by atoms with Crippen LogP contribution < -0.4 is 29.6 Å². The Bertz CT molecular complexity index is 557. The molecular formula is C17H26NNaO5. The zero-order valence-electron chi connectivity index (χ0n) is 16.2. The van der Waals surface area contributed by atoms with Gasteiger partial charge >= 0.3 is 35.5 Å². The molecule has 1 unspecified atom stereocenters. The first-order valence-corrected chi connectivity index (χ1v) is 7.64. The molecule has 1 rings (SSSR count). The average molecular weight is 347 g/mol. The maximum atomic E-state index is 12.5. The number of carbonyl (C=O) groups excluding carboxylic acids is 2. The number of hydrogen-bond acceptors (Lipinski definition) is 6. The molecule has 0 fully saturated rings. The first kappa shape index (κ1) is 22.9. The largest absolute Gasteiger partial charge is 1.00 e. The predicted octanol–water partition coefficient (Wildman–Crippen LogP) is 0.0619. The maximum absolute atomic E-state index is 12.5. The number of esters is 1. The molecule has 0 radical (unpaired) electrons. The number of aliphatic hydroxyl groups is 1. The third-order valence-electron chi connectivity index (χ3n) is 3.79. The Morgan fingerprint density at radius 2 is 2.17 bits per heavy atom. The second kappa shape index (κ2) is 10.0. The number of ether oxygens (including phenoxy) is 1. The van der Waals surface area contributed by atoms with Crippen molar-refractivity contribution in [2.45, 2.75) is 40.0 Å². The summed E-state index contributed by atoms with van der Waals surface area (Å²) in [6.07, 6.45) is 2.82. The molecule has 0 saturated heterocycles. The molecule has 6 nitrogen and oxygen atoms in total. The molecular weight excluding hydrogens is 321 g/mol. The van der Waals surface area contributed by atoms with Crippen LogP contribution in [0.4, 0.5) is 0 Å². The van der Waals surface area contributed by atoms with E-state index in [1.54, 1.807) is 13.8 Å². The second-order valence-electron chi connectivity index (χ2n) is 6.18. The molecule has 0 aliphatic heterocycles. The van der Waals surface area contributed by atoms with Gasteiger partial charge in [0.15, 0.2) is 5.78 Å². The number of rotatable bonds is 7. The second-order valence-corrected chi connectivity index (χ2v) is 6.18. The Hall–Kier alpha value is -1.11. The number of allylic oxidation sites excluding steroid dienone is 1. The van der Waals surface area contributed by atoms with E-state index in [1.807, 2.05) is 6.92 Å². The zero-order valence-corrected chi connectivity index (χ0v) is 17.2. The van der Waals surface area contributed by atoms with Crippen LogP contribution >= 0.6 is 0 Å². The minimum absolute atomic E-state index is 0. The number of aliphatic hydroxyl groups excluding tert-OH is 1. The fraction of sp³-hybridized carbons (Fsp3) is 0.588. The number of hydrogen-bond donors (Lipinski definition) is 1. The van der Waals surface area contributed by atoms with Gasteiger partial charge in [-0.2, -0.15) is 0 Å². The van der Waals surface area contributed by atoms with E-state index in [-0.39, 0.29) is 61.1 Å². The van der Waals surface area contributed by atoms with Gasteiger partial charge in [0, 0.05) is 6.42 Å². The van der Waals surface area contributed by atoms with E-state index >= 15 is 0 Å². The number of oxime groups is 1. The number of carbonyl (C=O) groups is 2. The van der Waals surface area contributed by atoms with E-state index in [1.165, 1.54) is 13.2 Å². The molecule has 0 heterocycles. The Morgan fingerprint density at radius 1 is 1.54 bits per heavy atom. The van der Waals surface area contributed by atoms with Crippen molar-refractivity contribution < 1.29 is 55.3 Å². The number of nitrogens with zero attached hydrogens (tertiary/aromatic N) is 1. The summed E-state index contributed by atoms with van der Waals surface area (Å²) < 4.78 is 4.79. The molecule has 0 aromatic rings. The van der Waals surface area contributed by atoms with Gasteiger partial charge < -0.3 is 16.1 Å². The van der Waals surface area contributed by atoms with Crippen molar-refractivity contribution in [3.8, 4) is 0 Å². The molecule has 7 heteroatoms. The Kier molecular flexibility index (Phi) is 9.55. The van der Waals surface area contributed by atoms with Crippen molar-refractivity contribution in [3.63, 3.8) is 0 Å². The monoisotopic (exact) mass is 347 g/mol. The van der Waals surface area contributed by atoms with Gasteiger partial charge in [-0.25, -0.2) is 0 Å². The van der Waals surface area contributed by atoms with Gasteiger partial charge in [0.05, 0.1) is 18.4 Å². The number of Topliss-reactive ketones (excluding diaryl/α,β-unsaturated/α-hetero) is 1. The molecule has 0 spiro atoms. The van der Waals surface area contributed by atoms with E-state index in [4.69, 9.17) is 9.57 Å². The quantitative estimate of drug-likeness (QED) is 0.176. The standard InChI is InChI=1S/C17H25NO5.Na.H/c1-6-8-11(18-23-9-7-2)13-12(19)10-17(3,4)14(15(13)20)16(21)22-5;;/h7,14,20H,2,6,8-10H2,1,3-5H3;;/q;+1;-1/b18-11+;;. The molecule has 24 heavy (non-hydrogen) atoms. The van der Waals surface area contributed by atoms with E-state index in [0.29, 0.717) is 18.6 Å². The summed E-state index contributed by atoms with van der Waals surface area (Å²) in [6.45, 7) is 9.16. The van der Waals surface area contributed by atoms with E-state index in [2.05, 4.69) is 11.7 Å². The zero-order chi connectivity index (χ0) is 17.6. The SMILES string of the molecule is C=CCO/N=C(\CCC)C1=C(O)C(C(=O)OC)C(C)(C)CC1=O.[H-].[Na+]. The summed E-state index contributed by atoms with van der Waals surface area (Å²) in [4.78, 5) is 29.7. The van der Waals surface area contributed by atoms with Crippen molar-refractivity contribution in [2.24, 2.45) is 16.5 Å². The summed E-state index contributed by atoms with van der Waals surface area (Å²) in [5, 5.41) is 14.5. The number of ketones is 1. The topological polar surface area (TPSA) is 85.2 Å². The van der Waals surface area contributed by atoms with Crippen LogP contribution in [0.1, 0.15) is 41.5 Å². The molecule has 1 atom stereocenters. The summed E-state index contributed by atoms with van der Waals surface area (Å²) in [5.41, 5.74) is -0.302. The molecule has 1 aliphatic rings. The third-order valence-corrected chi connectivity index (χ3v) is 3.79. The minimum atomic E-state index is -0.901. The summed E-state index contributed by atoms with van der Waals surface area (Å²) in [7, 11) is 1.26. The number of methoxy groups -OCH3 is 1. The molecule has 0 aromatic carbocycles. The third kappa shape index (κ3) is 5.19. The first-order chi connectivity index (χ1) is 10.8. The molecule has 1 N–H and O–H groups in total. The van der Waals surface area contributed by atoms with Crippen molar-refractivity contribution >= 4 is 17.5 Å². The normalized spacial score (nSPS) is 20.2. The van der Waals surface area contributed by atoms with Crippen LogP contribution in [-0.4, -0.2) is 36.3 Å². The average Bonchev–Trinajstić information content (AvgIpc) is 2.45. The molecule has 0 amide bonds. The summed E-state index contributed by atoms with van der Waals surface area (Å²) in [5.74, 6) is -2.00. The van der Waals surface area contributed by atoms with Gasteiger partial charge in [0.1, 0.15) is 18.3 Å². The van der Waals surface area contributed by atoms with E-state index < -0.39 is 17.3 Å². The Morgan fingerprint density at radius 3 is 2.67 bits per heavy atom. The smallest absolute Gasteiger partial charge is 1.00 e. The fourth-order valence-electron chi connectivity index (χ4n) is 2.74. The van der Waals surface area contributed by atoms with Crippen molar-refractivity contribution in [3.05, 3.63) is 24.0 Å². The summed E-state index contributed by atoms with van der Waals surface area (Å²) >= 11 is 0. The van der Waals surface area contributed by atoms with Crippen LogP contribution in [0, 0.1) is 11.3 Å². The molecule has 0 bridgehead atoms. The van der Waals surface area contributed by atoms with Crippen LogP contribution in [0.3, 0.4) is 0 Å². The van der Waals surface area contributed by atoms with Crippen LogP contribution in [0.5, 0.6) is 0 Å². The first-order valence-electron chi connectivity index (χ1n) is 7.64. The van der Waals surface area contributed by atoms with Gasteiger partial charge in [-0.15, -0.1) is 0 Å². The van der Waals surface area contributed by atoms with Gasteiger partial charge in [-0.05, 0) is 11.8 Å². The molecule has 0 saturated carbocycles. The van der Waals surface area contributed by atoms with Crippen LogP contribution in [0.15, 0.2) is 29.1 Å². The van der Waals surface area contributed by atoms with Crippen molar-refractivity contribution in [2.75, 3.05) is 13.7 Å². The minimum Gasteiger partial charge on any atom is -1.00 e. The fourth-order valence-corrected chi connectivity index (χ4v) is 2.74. The van der Waals surface area contributed by atoms with Gasteiger partial charge in [-0.1, -0.05) is 45.0 Å². The van der Waals surface area contributed by atoms with Crippen LogP contribution in [-0.2, 0) is 19.2 Å². The van der Waals surface area contributed by atoms with Crippen molar-refractivity contribution in [1.82, 2.24) is 0 Å². The maximum Gasteiger partial charge on any atom is 1.00 e. The van der Waals surface area contributed by atoms with E-state index in [9.17, 15) is 14.7 Å². The summed E-state index contributed by atoms with van der Waals surface area (Å²) in [6, 6.07) is 0. The van der Waals surface area contributed by atoms with Crippen LogP contribution in [0.25, 0.3) is 0 Å².